The van der Waals surface area contributed by atoms with E-state index >= 15 is 0 Å². The Kier molecular flexibility index (Phi) is 15.3. The number of hydrogen-bond donors (Lipinski definition) is 1. The highest BCUT2D eigenvalue weighted by atomic mass is 16.3. The molecule has 1 aromatic heterocycles. The second-order valence-electron chi connectivity index (χ2n) is 12.6. The molecule has 0 radical (unpaired) electrons. The quantitative estimate of drug-likeness (QED) is 0.124. The lowest BCUT2D eigenvalue weighted by atomic mass is 9.92. The molecule has 0 aliphatic rings. The zero-order valence-electron chi connectivity index (χ0n) is 26.9. The fourth-order valence-electron chi connectivity index (χ4n) is 6.10. The third kappa shape index (κ3) is 11.4. The average Bonchev–Trinajstić information content (AvgIpc) is 3.39. The van der Waals surface area contributed by atoms with E-state index in [1.165, 1.54) is 121 Å². The van der Waals surface area contributed by atoms with E-state index in [4.69, 9.17) is 10.2 Å². The molecule has 1 atom stereocenters. The first-order valence-electron chi connectivity index (χ1n) is 17.2. The number of aromatic hydroxyl groups is 1. The summed E-state index contributed by atoms with van der Waals surface area (Å²) in [7, 11) is 0. The van der Waals surface area contributed by atoms with Crippen molar-refractivity contribution in [1.29, 1.82) is 0 Å². The number of benzene rings is 2. The van der Waals surface area contributed by atoms with Crippen molar-refractivity contribution in [3.8, 4) is 11.4 Å². The van der Waals surface area contributed by atoms with Crippen LogP contribution in [0.1, 0.15) is 165 Å². The highest BCUT2D eigenvalue weighted by Gasteiger charge is 2.18. The van der Waals surface area contributed by atoms with Gasteiger partial charge in [0.1, 0.15) is 22.5 Å². The van der Waals surface area contributed by atoms with Gasteiger partial charge in [-0.3, -0.25) is 0 Å². The van der Waals surface area contributed by atoms with Gasteiger partial charge in [0, 0.05) is 0 Å². The molecule has 0 fully saturated rings. The van der Waals surface area contributed by atoms with Crippen molar-refractivity contribution in [2.24, 2.45) is 0 Å². The molecular weight excluding hydrogens is 502 g/mol. The Bertz CT molecular complexity index is 1130. The largest absolute Gasteiger partial charge is 0.505 e. The Hall–Kier alpha value is -2.36. The molecule has 2 aromatic carbocycles. The van der Waals surface area contributed by atoms with E-state index in [1.807, 2.05) is 6.07 Å². The molecule has 1 heterocycles. The Labute approximate surface area is 251 Å². The minimum atomic E-state index is 0.311. The monoisotopic (exact) mass is 561 g/mol. The van der Waals surface area contributed by atoms with Crippen LogP contribution in [0.2, 0.25) is 0 Å². The van der Waals surface area contributed by atoms with Crippen LogP contribution in [0.5, 0.6) is 5.75 Å². The van der Waals surface area contributed by atoms with Gasteiger partial charge < -0.3 is 5.11 Å². The summed E-state index contributed by atoms with van der Waals surface area (Å²) in [5, 5.41) is 20.9. The van der Waals surface area contributed by atoms with Gasteiger partial charge in [0.25, 0.3) is 0 Å². The molecule has 0 bridgehead atoms. The van der Waals surface area contributed by atoms with Crippen LogP contribution in [0.4, 0.5) is 0 Å². The molecule has 0 aliphatic carbocycles. The van der Waals surface area contributed by atoms with Gasteiger partial charge in [0.05, 0.1) is 0 Å². The van der Waals surface area contributed by atoms with Crippen LogP contribution in [0, 0.1) is 6.92 Å². The maximum Gasteiger partial charge on any atom is 0.146 e. The highest BCUT2D eigenvalue weighted by molar-refractivity contribution is 5.75. The number of phenolic OH excluding ortho intramolecular Hbond substituents is 1. The van der Waals surface area contributed by atoms with E-state index in [1.54, 1.807) is 4.80 Å². The summed E-state index contributed by atoms with van der Waals surface area (Å²) < 4.78 is 0. The van der Waals surface area contributed by atoms with Gasteiger partial charge in [-0.25, -0.2) is 0 Å². The first-order chi connectivity index (χ1) is 20.0. The number of phenols is 1. The van der Waals surface area contributed by atoms with Gasteiger partial charge in [0.2, 0.25) is 0 Å². The zero-order chi connectivity index (χ0) is 29.3. The Balaban J connectivity index is 1.51. The lowest BCUT2D eigenvalue weighted by molar-refractivity contribution is 0.450. The van der Waals surface area contributed by atoms with Crippen molar-refractivity contribution >= 4 is 11.0 Å². The number of unbranched alkanes of at least 4 members (excludes halogenated alkanes) is 16. The summed E-state index contributed by atoms with van der Waals surface area (Å²) in [5.41, 5.74) is 5.97. The highest BCUT2D eigenvalue weighted by Crippen LogP contribution is 2.35. The minimum Gasteiger partial charge on any atom is -0.505 e. The van der Waals surface area contributed by atoms with Gasteiger partial charge in [-0.05, 0) is 67.0 Å². The molecule has 0 aliphatic heterocycles. The zero-order valence-corrected chi connectivity index (χ0v) is 26.9. The Morgan fingerprint density at radius 2 is 1.20 bits per heavy atom. The lowest BCUT2D eigenvalue weighted by Crippen LogP contribution is -2.04. The molecular formula is C37H59N3O. The molecule has 0 amide bonds. The van der Waals surface area contributed by atoms with Crippen molar-refractivity contribution in [2.45, 2.75) is 162 Å². The van der Waals surface area contributed by atoms with Crippen LogP contribution < -0.4 is 0 Å². The predicted molar refractivity (Wildman–Crippen MR) is 176 cm³/mol. The number of rotatable bonds is 22. The van der Waals surface area contributed by atoms with Crippen LogP contribution in [0.15, 0.2) is 30.3 Å². The second-order valence-corrected chi connectivity index (χ2v) is 12.6. The summed E-state index contributed by atoms with van der Waals surface area (Å²) in [4.78, 5) is 1.64. The fourth-order valence-corrected chi connectivity index (χ4v) is 6.10. The van der Waals surface area contributed by atoms with Crippen LogP contribution >= 0.6 is 0 Å². The van der Waals surface area contributed by atoms with E-state index in [-0.39, 0.29) is 0 Å². The van der Waals surface area contributed by atoms with E-state index in [0.29, 0.717) is 17.4 Å². The Morgan fingerprint density at radius 1 is 0.659 bits per heavy atom. The van der Waals surface area contributed by atoms with Gasteiger partial charge in [0.15, 0.2) is 0 Å². The first kappa shape index (κ1) is 33.1. The van der Waals surface area contributed by atoms with E-state index < -0.39 is 0 Å². The Morgan fingerprint density at radius 3 is 1.80 bits per heavy atom. The van der Waals surface area contributed by atoms with E-state index in [0.717, 1.165) is 35.0 Å². The third-order valence-corrected chi connectivity index (χ3v) is 8.76. The molecule has 4 heteroatoms. The van der Waals surface area contributed by atoms with Crippen LogP contribution in [-0.2, 0) is 6.42 Å². The molecule has 41 heavy (non-hydrogen) atoms. The number of aryl methyl sites for hydroxylation is 2. The normalized spacial score (nSPS) is 12.4. The number of nitrogens with zero attached hydrogens (tertiary/aromatic N) is 3. The summed E-state index contributed by atoms with van der Waals surface area (Å²) in [6.45, 7) is 8.90. The number of hydrogen-bond acceptors (Lipinski definition) is 3. The van der Waals surface area contributed by atoms with Crippen molar-refractivity contribution in [3.63, 3.8) is 0 Å². The van der Waals surface area contributed by atoms with Crippen molar-refractivity contribution in [3.05, 3.63) is 47.0 Å². The first-order valence-corrected chi connectivity index (χ1v) is 17.2. The molecule has 0 spiro atoms. The van der Waals surface area contributed by atoms with Gasteiger partial charge in [-0.15, -0.1) is 15.0 Å². The molecule has 0 saturated carbocycles. The molecule has 4 nitrogen and oxygen atoms in total. The van der Waals surface area contributed by atoms with E-state index in [2.05, 4.69) is 52.0 Å². The molecule has 228 valence electrons. The van der Waals surface area contributed by atoms with Crippen LogP contribution in [-0.4, -0.2) is 20.1 Å². The van der Waals surface area contributed by atoms with Crippen molar-refractivity contribution in [1.82, 2.24) is 15.0 Å². The number of aromatic nitrogens is 3. The van der Waals surface area contributed by atoms with Gasteiger partial charge in [-0.2, -0.15) is 0 Å². The standard InChI is InChI=1S/C37H59N3O/c1-5-7-9-11-13-15-16-18-20-22-24-32-25-26-34-35(29-32)39-40(38-34)36-28-30(3)27-33(37(36)41)31(4)23-21-19-17-14-12-10-8-6-2/h25-29,31,41H,5-24H2,1-4H3. The van der Waals surface area contributed by atoms with Crippen molar-refractivity contribution < 1.29 is 5.11 Å². The van der Waals surface area contributed by atoms with Crippen LogP contribution in [0.3, 0.4) is 0 Å². The minimum absolute atomic E-state index is 0.311. The molecule has 3 rings (SSSR count). The summed E-state index contributed by atoms with van der Waals surface area (Å²) >= 11 is 0. The number of fused-ring (bicyclic) bond motifs is 1. The fraction of sp³-hybridized carbons (Fsp3) is 0.676. The maximum atomic E-state index is 11.3. The maximum absolute atomic E-state index is 11.3. The smallest absolute Gasteiger partial charge is 0.146 e. The average molecular weight is 562 g/mol. The lowest BCUT2D eigenvalue weighted by Gasteiger charge is -2.17. The van der Waals surface area contributed by atoms with E-state index in [9.17, 15) is 5.11 Å². The molecule has 1 unspecified atom stereocenters. The van der Waals surface area contributed by atoms with Gasteiger partial charge in [-0.1, -0.05) is 142 Å². The second kappa shape index (κ2) is 18.9. The van der Waals surface area contributed by atoms with Crippen LogP contribution in [0.25, 0.3) is 16.7 Å². The summed E-state index contributed by atoms with van der Waals surface area (Å²) in [6, 6.07) is 10.6. The third-order valence-electron chi connectivity index (χ3n) is 8.76. The molecule has 1 N–H and O–H groups in total. The van der Waals surface area contributed by atoms with Gasteiger partial charge >= 0.3 is 0 Å². The predicted octanol–water partition coefficient (Wildman–Crippen LogP) is 11.5. The topological polar surface area (TPSA) is 50.9 Å². The SMILES string of the molecule is CCCCCCCCCCCCc1ccc2nn(-c3cc(C)cc(C(C)CCCCCCCCCC)c3O)nc2c1. The summed E-state index contributed by atoms with van der Waals surface area (Å²) in [5.74, 6) is 0.639. The molecule has 3 aromatic rings. The van der Waals surface area contributed by atoms with Crippen molar-refractivity contribution in [2.75, 3.05) is 0 Å². The molecule has 0 saturated heterocycles. The summed E-state index contributed by atoms with van der Waals surface area (Å²) in [6.07, 6.45) is 26.4.